The fraction of sp³-hybridized carbons (Fsp3) is 0.167. The molecule has 1 atom stereocenters. The van der Waals surface area contributed by atoms with Crippen LogP contribution in [-0.4, -0.2) is 21.6 Å². The van der Waals surface area contributed by atoms with E-state index in [0.29, 0.717) is 10.8 Å². The van der Waals surface area contributed by atoms with Crippen LogP contribution in [0.15, 0.2) is 36.5 Å². The average Bonchev–Trinajstić information content (AvgIpc) is 2.39. The van der Waals surface area contributed by atoms with Gasteiger partial charge in [0.1, 0.15) is 6.10 Å². The fourth-order valence-corrected chi connectivity index (χ4v) is 1.55. The Morgan fingerprint density at radius 2 is 1.94 bits per heavy atom. The van der Waals surface area contributed by atoms with E-state index in [4.69, 9.17) is 17.3 Å². The summed E-state index contributed by atoms with van der Waals surface area (Å²) in [6, 6.07) is 9.08. The molecule has 0 aliphatic heterocycles. The maximum Gasteiger partial charge on any atom is 0.158 e. The third-order valence-electron chi connectivity index (χ3n) is 2.34. The number of hydrogen-bond donors (Lipinski definition) is 2. The molecule has 0 amide bonds. The standard InChI is InChI=1S/C12H12ClN3O/c13-9-3-1-8(2-4-9)10-5-6-15-12(16-10)11(17)7-14/h1-6,11,17H,7,14H2. The van der Waals surface area contributed by atoms with Crippen LogP contribution in [0.5, 0.6) is 0 Å². The number of aliphatic hydroxyl groups excluding tert-OH is 1. The van der Waals surface area contributed by atoms with Gasteiger partial charge in [0.15, 0.2) is 5.82 Å². The van der Waals surface area contributed by atoms with Crippen molar-refractivity contribution >= 4 is 11.6 Å². The lowest BCUT2D eigenvalue weighted by atomic mass is 10.1. The largest absolute Gasteiger partial charge is 0.384 e. The number of halogens is 1. The molecule has 5 heteroatoms. The summed E-state index contributed by atoms with van der Waals surface area (Å²) in [6.45, 7) is 0.101. The molecule has 0 fully saturated rings. The second-order valence-electron chi connectivity index (χ2n) is 3.56. The van der Waals surface area contributed by atoms with Gasteiger partial charge in [-0.2, -0.15) is 0 Å². The predicted molar refractivity (Wildman–Crippen MR) is 66.5 cm³/mol. The van der Waals surface area contributed by atoms with Crippen molar-refractivity contribution in [1.29, 1.82) is 0 Å². The maximum atomic E-state index is 9.57. The van der Waals surface area contributed by atoms with Crippen molar-refractivity contribution in [3.05, 3.63) is 47.4 Å². The summed E-state index contributed by atoms with van der Waals surface area (Å²) in [6.07, 6.45) is 0.771. The summed E-state index contributed by atoms with van der Waals surface area (Å²) in [5.74, 6) is 0.333. The lowest BCUT2D eigenvalue weighted by Crippen LogP contribution is -2.14. The van der Waals surface area contributed by atoms with Crippen LogP contribution in [0.4, 0.5) is 0 Å². The van der Waals surface area contributed by atoms with Crippen LogP contribution in [0.3, 0.4) is 0 Å². The fourth-order valence-electron chi connectivity index (χ4n) is 1.42. The maximum absolute atomic E-state index is 9.57. The van der Waals surface area contributed by atoms with Crippen LogP contribution in [0, 0.1) is 0 Å². The summed E-state index contributed by atoms with van der Waals surface area (Å²) in [7, 11) is 0. The number of rotatable bonds is 3. The smallest absolute Gasteiger partial charge is 0.158 e. The number of aliphatic hydroxyl groups is 1. The van der Waals surface area contributed by atoms with E-state index < -0.39 is 6.10 Å². The monoisotopic (exact) mass is 249 g/mol. The SMILES string of the molecule is NCC(O)c1nccc(-c2ccc(Cl)cc2)n1. The van der Waals surface area contributed by atoms with Gasteiger partial charge in [0.2, 0.25) is 0 Å². The molecular weight excluding hydrogens is 238 g/mol. The zero-order chi connectivity index (χ0) is 12.3. The van der Waals surface area contributed by atoms with Gasteiger partial charge >= 0.3 is 0 Å². The Kier molecular flexibility index (Phi) is 3.68. The van der Waals surface area contributed by atoms with Gasteiger partial charge in [0.25, 0.3) is 0 Å². The Labute approximate surface area is 104 Å². The first kappa shape index (κ1) is 12.0. The first-order chi connectivity index (χ1) is 8.20. The van der Waals surface area contributed by atoms with E-state index >= 15 is 0 Å². The zero-order valence-electron chi connectivity index (χ0n) is 9.05. The number of nitrogens with zero attached hydrogens (tertiary/aromatic N) is 2. The van der Waals surface area contributed by atoms with Crippen molar-refractivity contribution in [1.82, 2.24) is 9.97 Å². The number of benzene rings is 1. The molecule has 0 spiro atoms. The highest BCUT2D eigenvalue weighted by Crippen LogP contribution is 2.20. The van der Waals surface area contributed by atoms with E-state index in [-0.39, 0.29) is 6.54 Å². The third kappa shape index (κ3) is 2.79. The number of nitrogens with two attached hydrogens (primary N) is 1. The first-order valence-electron chi connectivity index (χ1n) is 5.17. The van der Waals surface area contributed by atoms with E-state index in [2.05, 4.69) is 9.97 Å². The van der Waals surface area contributed by atoms with Gasteiger partial charge in [-0.15, -0.1) is 0 Å². The topological polar surface area (TPSA) is 72.0 Å². The van der Waals surface area contributed by atoms with Gasteiger partial charge in [-0.1, -0.05) is 23.7 Å². The molecule has 0 saturated heterocycles. The normalized spacial score (nSPS) is 12.4. The molecule has 2 aromatic rings. The van der Waals surface area contributed by atoms with Crippen LogP contribution in [0.2, 0.25) is 5.02 Å². The van der Waals surface area contributed by atoms with Crippen molar-refractivity contribution in [3.63, 3.8) is 0 Å². The van der Waals surface area contributed by atoms with Crippen molar-refractivity contribution < 1.29 is 5.11 Å². The molecule has 88 valence electrons. The summed E-state index contributed by atoms with van der Waals surface area (Å²) >= 11 is 5.81. The van der Waals surface area contributed by atoms with E-state index in [1.54, 1.807) is 24.4 Å². The van der Waals surface area contributed by atoms with Crippen LogP contribution in [-0.2, 0) is 0 Å². The molecule has 1 aromatic heterocycles. The van der Waals surface area contributed by atoms with Gasteiger partial charge in [0, 0.05) is 23.3 Å². The summed E-state index contributed by atoms with van der Waals surface area (Å²) in [5.41, 5.74) is 7.02. The first-order valence-corrected chi connectivity index (χ1v) is 5.55. The molecule has 1 heterocycles. The van der Waals surface area contributed by atoms with Crippen LogP contribution >= 0.6 is 11.6 Å². The number of aromatic nitrogens is 2. The molecule has 0 radical (unpaired) electrons. The van der Waals surface area contributed by atoms with Crippen molar-refractivity contribution in [2.75, 3.05) is 6.54 Å². The van der Waals surface area contributed by atoms with Crippen LogP contribution in [0.1, 0.15) is 11.9 Å². The van der Waals surface area contributed by atoms with E-state index in [0.717, 1.165) is 11.3 Å². The highest BCUT2D eigenvalue weighted by molar-refractivity contribution is 6.30. The van der Waals surface area contributed by atoms with Crippen molar-refractivity contribution in [3.8, 4) is 11.3 Å². The minimum atomic E-state index is -0.831. The highest BCUT2D eigenvalue weighted by Gasteiger charge is 2.09. The average molecular weight is 250 g/mol. The Morgan fingerprint density at radius 1 is 1.24 bits per heavy atom. The van der Waals surface area contributed by atoms with Crippen LogP contribution < -0.4 is 5.73 Å². The highest BCUT2D eigenvalue weighted by atomic mass is 35.5. The minimum Gasteiger partial charge on any atom is -0.384 e. The second-order valence-corrected chi connectivity index (χ2v) is 3.99. The zero-order valence-corrected chi connectivity index (χ0v) is 9.80. The van der Waals surface area contributed by atoms with E-state index in [1.165, 1.54) is 0 Å². The number of hydrogen-bond acceptors (Lipinski definition) is 4. The second kappa shape index (κ2) is 5.23. The summed E-state index contributed by atoms with van der Waals surface area (Å²) in [4.78, 5) is 8.25. The van der Waals surface area contributed by atoms with Gasteiger partial charge in [-0.3, -0.25) is 0 Å². The molecule has 0 saturated carbocycles. The molecule has 17 heavy (non-hydrogen) atoms. The Balaban J connectivity index is 2.36. The van der Waals surface area contributed by atoms with Crippen LogP contribution in [0.25, 0.3) is 11.3 Å². The predicted octanol–water partition coefficient (Wildman–Crippen LogP) is 1.79. The van der Waals surface area contributed by atoms with E-state index in [1.807, 2.05) is 12.1 Å². The quantitative estimate of drug-likeness (QED) is 0.870. The molecule has 2 rings (SSSR count). The summed E-state index contributed by atoms with van der Waals surface area (Å²) < 4.78 is 0. The molecule has 0 bridgehead atoms. The molecule has 1 aromatic carbocycles. The van der Waals surface area contributed by atoms with Gasteiger partial charge in [0.05, 0.1) is 5.69 Å². The Hall–Kier alpha value is -1.49. The molecular formula is C12H12ClN3O. The summed E-state index contributed by atoms with van der Waals surface area (Å²) in [5, 5.41) is 10.2. The van der Waals surface area contributed by atoms with Gasteiger partial charge in [-0.05, 0) is 18.2 Å². The molecule has 0 aliphatic rings. The third-order valence-corrected chi connectivity index (χ3v) is 2.59. The van der Waals surface area contributed by atoms with Crippen molar-refractivity contribution in [2.45, 2.75) is 6.10 Å². The van der Waals surface area contributed by atoms with E-state index in [9.17, 15) is 5.11 Å². The Morgan fingerprint density at radius 3 is 2.59 bits per heavy atom. The minimum absolute atomic E-state index is 0.101. The molecule has 4 nitrogen and oxygen atoms in total. The van der Waals surface area contributed by atoms with Gasteiger partial charge < -0.3 is 10.8 Å². The lowest BCUT2D eigenvalue weighted by molar-refractivity contribution is 0.176. The van der Waals surface area contributed by atoms with Gasteiger partial charge in [-0.25, -0.2) is 9.97 Å². The molecule has 3 N–H and O–H groups in total. The Bertz CT molecular complexity index is 501. The van der Waals surface area contributed by atoms with Crippen molar-refractivity contribution in [2.24, 2.45) is 5.73 Å². The molecule has 0 aliphatic carbocycles. The lowest BCUT2D eigenvalue weighted by Gasteiger charge is -2.07. The molecule has 1 unspecified atom stereocenters.